The van der Waals surface area contributed by atoms with E-state index >= 15 is 0 Å². The van der Waals surface area contributed by atoms with Crippen LogP contribution in [-0.4, -0.2) is 20.2 Å². The number of hydrogen-bond donors (Lipinski definition) is 2. The second kappa shape index (κ2) is 4.62. The van der Waals surface area contributed by atoms with Crippen LogP contribution in [-0.2, 0) is 0 Å². The lowest BCUT2D eigenvalue weighted by Gasteiger charge is -2.04. The summed E-state index contributed by atoms with van der Waals surface area (Å²) in [6.07, 6.45) is 1.59. The van der Waals surface area contributed by atoms with Crippen LogP contribution in [0.5, 0.6) is 0 Å². The van der Waals surface area contributed by atoms with Crippen LogP contribution in [0.15, 0.2) is 35.8 Å². The number of aromatic nitrogens is 3. The first-order valence-corrected chi connectivity index (χ1v) is 6.30. The first-order chi connectivity index (χ1) is 9.24. The lowest BCUT2D eigenvalue weighted by Crippen LogP contribution is -2.12. The van der Waals surface area contributed by atoms with Gasteiger partial charge >= 0.3 is 0 Å². The van der Waals surface area contributed by atoms with Gasteiger partial charge in [-0.3, -0.25) is 9.78 Å². The van der Waals surface area contributed by atoms with Gasteiger partial charge in [0.2, 0.25) is 0 Å². The quantitative estimate of drug-likeness (QED) is 0.759. The number of carbonyl (C=O) groups excluding carboxylic acids is 1. The summed E-state index contributed by atoms with van der Waals surface area (Å²) in [5.41, 5.74) is 7.18. The number of nitrogens with one attached hydrogen (secondary N) is 1. The van der Waals surface area contributed by atoms with Crippen LogP contribution in [0.1, 0.15) is 10.4 Å². The van der Waals surface area contributed by atoms with E-state index in [4.69, 9.17) is 5.73 Å². The zero-order valence-electron chi connectivity index (χ0n) is 9.70. The summed E-state index contributed by atoms with van der Waals surface area (Å²) in [5.74, 6) is 0.402. The Kier molecular flexibility index (Phi) is 2.81. The predicted molar refractivity (Wildman–Crippen MR) is 73.5 cm³/mol. The van der Waals surface area contributed by atoms with Gasteiger partial charge in [-0.2, -0.15) is 4.37 Å². The summed E-state index contributed by atoms with van der Waals surface area (Å²) in [4.78, 5) is 19.9. The van der Waals surface area contributed by atoms with Crippen molar-refractivity contribution >= 4 is 40.1 Å². The minimum Gasteiger partial charge on any atom is -0.365 e. The summed E-state index contributed by atoms with van der Waals surface area (Å²) < 4.78 is 4.07. The van der Waals surface area contributed by atoms with Crippen molar-refractivity contribution in [3.8, 4) is 0 Å². The number of nitrogens with two attached hydrogens (primary N) is 1. The average Bonchev–Trinajstić information content (AvgIpc) is 2.87. The Bertz CT molecular complexity index is 754. The third kappa shape index (κ3) is 2.23. The molecule has 0 bridgehead atoms. The van der Waals surface area contributed by atoms with Crippen molar-refractivity contribution in [2.24, 2.45) is 5.73 Å². The maximum absolute atomic E-state index is 11.2. The number of rotatable bonds is 3. The van der Waals surface area contributed by atoms with Crippen molar-refractivity contribution in [3.05, 3.63) is 41.4 Å². The van der Waals surface area contributed by atoms with Crippen LogP contribution in [0.4, 0.5) is 11.6 Å². The molecule has 0 aliphatic carbocycles. The number of nitrogens with zero attached hydrogens (tertiary/aromatic N) is 3. The lowest BCUT2D eigenvalue weighted by molar-refractivity contribution is 0.100. The molecule has 2 aromatic heterocycles. The van der Waals surface area contributed by atoms with Gasteiger partial charge in [0.05, 0.1) is 22.8 Å². The van der Waals surface area contributed by atoms with Gasteiger partial charge < -0.3 is 11.1 Å². The van der Waals surface area contributed by atoms with E-state index in [-0.39, 0.29) is 0 Å². The topological polar surface area (TPSA) is 93.8 Å². The number of para-hydroxylation sites is 2. The van der Waals surface area contributed by atoms with E-state index in [9.17, 15) is 4.79 Å². The Morgan fingerprint density at radius 3 is 2.84 bits per heavy atom. The maximum atomic E-state index is 11.2. The fraction of sp³-hybridized carbons (Fsp3) is 0. The second-order valence-electron chi connectivity index (χ2n) is 3.81. The van der Waals surface area contributed by atoms with Gasteiger partial charge in [0.15, 0.2) is 11.6 Å². The third-order valence-electron chi connectivity index (χ3n) is 2.53. The highest BCUT2D eigenvalue weighted by molar-refractivity contribution is 7.04. The van der Waals surface area contributed by atoms with Crippen LogP contribution in [0, 0.1) is 0 Å². The fourth-order valence-corrected chi connectivity index (χ4v) is 2.28. The lowest BCUT2D eigenvalue weighted by atomic mass is 10.3. The molecule has 0 saturated carbocycles. The van der Waals surface area contributed by atoms with Crippen LogP contribution in [0.25, 0.3) is 11.0 Å². The zero-order chi connectivity index (χ0) is 13.2. The van der Waals surface area contributed by atoms with Crippen LogP contribution >= 0.6 is 11.5 Å². The number of primary amides is 1. The molecule has 1 aromatic carbocycles. The van der Waals surface area contributed by atoms with Crippen LogP contribution in [0.2, 0.25) is 0 Å². The van der Waals surface area contributed by atoms with E-state index in [1.54, 1.807) is 11.6 Å². The minimum absolute atomic E-state index is 0.347. The van der Waals surface area contributed by atoms with Gasteiger partial charge in [-0.05, 0) is 23.7 Å². The molecule has 0 fully saturated rings. The zero-order valence-corrected chi connectivity index (χ0v) is 10.5. The molecule has 6 nitrogen and oxygen atoms in total. The fourth-order valence-electron chi connectivity index (χ4n) is 1.64. The molecule has 3 rings (SSSR count). The second-order valence-corrected chi connectivity index (χ2v) is 4.44. The van der Waals surface area contributed by atoms with Crippen molar-refractivity contribution in [3.63, 3.8) is 0 Å². The largest absolute Gasteiger partial charge is 0.365 e. The van der Waals surface area contributed by atoms with Crippen molar-refractivity contribution in [1.29, 1.82) is 0 Å². The van der Waals surface area contributed by atoms with Crippen LogP contribution in [0.3, 0.4) is 0 Å². The van der Waals surface area contributed by atoms with Gasteiger partial charge in [-0.25, -0.2) is 4.98 Å². The summed E-state index contributed by atoms with van der Waals surface area (Å²) in [7, 11) is 0. The molecule has 0 saturated heterocycles. The number of benzene rings is 1. The first kappa shape index (κ1) is 11.5. The Morgan fingerprint density at radius 2 is 2.05 bits per heavy atom. The molecule has 3 N–H and O–H groups in total. The van der Waals surface area contributed by atoms with E-state index in [1.165, 1.54) is 0 Å². The van der Waals surface area contributed by atoms with Gasteiger partial charge in [-0.1, -0.05) is 12.1 Å². The number of carbonyl (C=O) groups is 1. The maximum Gasteiger partial charge on any atom is 0.253 e. The van der Waals surface area contributed by atoms with Gasteiger partial charge in [-0.15, -0.1) is 0 Å². The smallest absolute Gasteiger partial charge is 0.253 e. The molecule has 0 unspecified atom stereocenters. The monoisotopic (exact) mass is 271 g/mol. The van der Waals surface area contributed by atoms with Gasteiger partial charge in [0.25, 0.3) is 5.91 Å². The van der Waals surface area contributed by atoms with Gasteiger partial charge in [0, 0.05) is 5.38 Å². The predicted octanol–water partition coefficient (Wildman–Crippen LogP) is 1.93. The van der Waals surface area contributed by atoms with Crippen molar-refractivity contribution in [2.45, 2.75) is 0 Å². The number of fused-ring (bicyclic) bond motifs is 1. The molecule has 0 atom stereocenters. The molecular weight excluding hydrogens is 262 g/mol. The molecule has 94 valence electrons. The molecule has 19 heavy (non-hydrogen) atoms. The molecule has 7 heteroatoms. The summed E-state index contributed by atoms with van der Waals surface area (Å²) in [5, 5.41) is 4.55. The van der Waals surface area contributed by atoms with Crippen molar-refractivity contribution in [1.82, 2.24) is 14.3 Å². The first-order valence-electron chi connectivity index (χ1n) is 5.47. The van der Waals surface area contributed by atoms with E-state index < -0.39 is 5.91 Å². The SMILES string of the molecule is NC(=O)c1csnc1Nc1cnc2ccccc2n1. The Balaban J connectivity index is 1.97. The molecule has 3 aromatic rings. The molecular formula is C12H9N5OS. The molecule has 2 heterocycles. The third-order valence-corrected chi connectivity index (χ3v) is 3.16. The van der Waals surface area contributed by atoms with E-state index in [2.05, 4.69) is 19.7 Å². The molecule has 1 amide bonds. The summed E-state index contributed by atoms with van der Waals surface area (Å²) in [6, 6.07) is 7.53. The van der Waals surface area contributed by atoms with Gasteiger partial charge in [0.1, 0.15) is 0 Å². The highest BCUT2D eigenvalue weighted by Crippen LogP contribution is 2.20. The standard InChI is InChI=1S/C12H9N5OS/c13-11(18)7-6-19-17-12(7)16-10-5-14-8-3-1-2-4-9(8)15-10/h1-6H,(H2,13,18)(H,15,16,17). The molecule has 0 aliphatic heterocycles. The van der Waals surface area contributed by atoms with E-state index in [0.29, 0.717) is 17.2 Å². The minimum atomic E-state index is -0.523. The summed E-state index contributed by atoms with van der Waals surface area (Å²) in [6.45, 7) is 0. The van der Waals surface area contributed by atoms with E-state index in [1.807, 2.05) is 24.3 Å². The molecule has 0 radical (unpaired) electrons. The highest BCUT2D eigenvalue weighted by Gasteiger charge is 2.12. The normalized spacial score (nSPS) is 10.5. The van der Waals surface area contributed by atoms with Crippen molar-refractivity contribution < 1.29 is 4.79 Å². The van der Waals surface area contributed by atoms with Crippen molar-refractivity contribution in [2.75, 3.05) is 5.32 Å². The number of anilines is 2. The Labute approximate surface area is 112 Å². The molecule has 0 aliphatic rings. The van der Waals surface area contributed by atoms with E-state index in [0.717, 1.165) is 22.6 Å². The number of amides is 1. The number of hydrogen-bond acceptors (Lipinski definition) is 6. The van der Waals surface area contributed by atoms with Crippen LogP contribution < -0.4 is 11.1 Å². The Hall–Kier alpha value is -2.54. The summed E-state index contributed by atoms with van der Waals surface area (Å²) >= 11 is 1.16. The highest BCUT2D eigenvalue weighted by atomic mass is 32.1. The molecule has 0 spiro atoms. The average molecular weight is 271 g/mol. The Morgan fingerprint density at radius 1 is 1.26 bits per heavy atom.